The maximum atomic E-state index is 14.0. The number of hydrogen-bond acceptors (Lipinski definition) is 1. The minimum absolute atomic E-state index is 0.0259. The van der Waals surface area contributed by atoms with Crippen LogP contribution in [0, 0.1) is 17.5 Å². The normalized spacial score (nSPS) is 12.4. The van der Waals surface area contributed by atoms with Crippen LogP contribution in [0.4, 0.5) is 13.2 Å². The van der Waals surface area contributed by atoms with Gasteiger partial charge in [0, 0.05) is 5.56 Å². The predicted molar refractivity (Wildman–Crippen MR) is 77.9 cm³/mol. The molecular formula is C16H15ClF3N. The van der Waals surface area contributed by atoms with Gasteiger partial charge in [0.25, 0.3) is 0 Å². The average Bonchev–Trinajstić information content (AvgIpc) is 2.45. The molecule has 0 fully saturated rings. The average molecular weight is 314 g/mol. The molecule has 21 heavy (non-hydrogen) atoms. The molecular weight excluding hydrogens is 299 g/mol. The van der Waals surface area contributed by atoms with Crippen LogP contribution in [0.1, 0.15) is 30.5 Å². The molecule has 0 bridgehead atoms. The highest BCUT2D eigenvalue weighted by Gasteiger charge is 2.22. The van der Waals surface area contributed by atoms with Gasteiger partial charge >= 0.3 is 0 Å². The third-order valence-corrected chi connectivity index (χ3v) is 3.47. The van der Waals surface area contributed by atoms with Gasteiger partial charge in [0.05, 0.1) is 11.1 Å². The van der Waals surface area contributed by atoms with E-state index in [9.17, 15) is 13.2 Å². The zero-order chi connectivity index (χ0) is 15.4. The highest BCUT2D eigenvalue weighted by atomic mass is 35.5. The Morgan fingerprint density at radius 1 is 1.05 bits per heavy atom. The van der Waals surface area contributed by atoms with Crippen molar-refractivity contribution in [3.63, 3.8) is 0 Å². The predicted octanol–water partition coefficient (Wildman–Crippen LogP) is 4.85. The molecule has 0 aliphatic rings. The first-order chi connectivity index (χ1) is 10.0. The second kappa shape index (κ2) is 6.96. The SMILES string of the molecule is CCCNC(c1ccc(Cl)c(F)c1)c1c(F)cccc1F. The fraction of sp³-hybridized carbons (Fsp3) is 0.250. The molecule has 1 unspecified atom stereocenters. The molecule has 2 aromatic carbocycles. The van der Waals surface area contributed by atoms with E-state index in [0.29, 0.717) is 12.1 Å². The van der Waals surface area contributed by atoms with Crippen molar-refractivity contribution in [2.75, 3.05) is 6.54 Å². The number of benzene rings is 2. The molecule has 2 aromatic rings. The zero-order valence-electron chi connectivity index (χ0n) is 11.5. The number of hydrogen-bond donors (Lipinski definition) is 1. The molecule has 2 rings (SSSR count). The summed E-state index contributed by atoms with van der Waals surface area (Å²) < 4.78 is 41.6. The molecule has 0 aliphatic carbocycles. The lowest BCUT2D eigenvalue weighted by Gasteiger charge is -2.21. The molecule has 1 nitrogen and oxygen atoms in total. The van der Waals surface area contributed by atoms with Gasteiger partial charge in [0.2, 0.25) is 0 Å². The van der Waals surface area contributed by atoms with Crippen molar-refractivity contribution in [1.29, 1.82) is 0 Å². The van der Waals surface area contributed by atoms with Crippen LogP contribution < -0.4 is 5.32 Å². The Labute approximate surface area is 126 Å². The third-order valence-electron chi connectivity index (χ3n) is 3.16. The summed E-state index contributed by atoms with van der Waals surface area (Å²) in [6.45, 7) is 2.48. The van der Waals surface area contributed by atoms with Crippen LogP contribution in [-0.4, -0.2) is 6.54 Å². The van der Waals surface area contributed by atoms with E-state index in [4.69, 9.17) is 11.6 Å². The summed E-state index contributed by atoms with van der Waals surface area (Å²) in [7, 11) is 0. The standard InChI is InChI=1S/C16H15ClF3N/c1-2-8-21-16(10-6-7-11(17)14(20)9-10)15-12(18)4-3-5-13(15)19/h3-7,9,16,21H,2,8H2,1H3. The molecule has 5 heteroatoms. The Hall–Kier alpha value is -1.52. The van der Waals surface area contributed by atoms with Crippen molar-refractivity contribution in [1.82, 2.24) is 5.32 Å². The Bertz CT molecular complexity index is 611. The molecule has 0 heterocycles. The van der Waals surface area contributed by atoms with E-state index in [1.54, 1.807) is 6.07 Å². The van der Waals surface area contributed by atoms with Crippen LogP contribution >= 0.6 is 11.6 Å². The van der Waals surface area contributed by atoms with E-state index in [-0.39, 0.29) is 10.6 Å². The fourth-order valence-corrected chi connectivity index (χ4v) is 2.27. The van der Waals surface area contributed by atoms with Crippen molar-refractivity contribution < 1.29 is 13.2 Å². The van der Waals surface area contributed by atoms with Gasteiger partial charge in [-0.1, -0.05) is 30.7 Å². The lowest BCUT2D eigenvalue weighted by Crippen LogP contribution is -2.25. The third kappa shape index (κ3) is 3.57. The minimum atomic E-state index is -0.766. The van der Waals surface area contributed by atoms with Crippen molar-refractivity contribution in [3.8, 4) is 0 Å². The van der Waals surface area contributed by atoms with Gasteiger partial charge < -0.3 is 5.32 Å². The fourth-order valence-electron chi connectivity index (χ4n) is 2.15. The van der Waals surface area contributed by atoms with Crippen molar-refractivity contribution >= 4 is 11.6 Å². The Balaban J connectivity index is 2.49. The summed E-state index contributed by atoms with van der Waals surface area (Å²) in [5, 5.41) is 3.01. The largest absolute Gasteiger partial charge is 0.306 e. The first kappa shape index (κ1) is 15.9. The maximum Gasteiger partial charge on any atom is 0.142 e. The van der Waals surface area contributed by atoms with Crippen LogP contribution in [0.3, 0.4) is 0 Å². The summed E-state index contributed by atoms with van der Waals surface area (Å²) in [5.74, 6) is -1.95. The summed E-state index contributed by atoms with van der Waals surface area (Å²) in [5.41, 5.74) is 0.307. The van der Waals surface area contributed by atoms with E-state index in [1.807, 2.05) is 6.92 Å². The van der Waals surface area contributed by atoms with Crippen molar-refractivity contribution in [2.24, 2.45) is 0 Å². The molecule has 0 radical (unpaired) electrons. The Morgan fingerprint density at radius 2 is 1.71 bits per heavy atom. The first-order valence-corrected chi connectivity index (χ1v) is 7.04. The second-order valence-corrected chi connectivity index (χ2v) is 5.10. The van der Waals surface area contributed by atoms with Gasteiger partial charge in [-0.3, -0.25) is 0 Å². The van der Waals surface area contributed by atoms with Crippen LogP contribution in [-0.2, 0) is 0 Å². The summed E-state index contributed by atoms with van der Waals surface area (Å²) >= 11 is 5.65. The summed E-state index contributed by atoms with van der Waals surface area (Å²) in [6.07, 6.45) is 0.780. The quantitative estimate of drug-likeness (QED) is 0.832. The molecule has 0 amide bonds. The van der Waals surface area contributed by atoms with Crippen LogP contribution in [0.25, 0.3) is 0 Å². The van der Waals surface area contributed by atoms with Gasteiger partial charge in [-0.2, -0.15) is 0 Å². The van der Waals surface area contributed by atoms with Gasteiger partial charge in [-0.15, -0.1) is 0 Å². The number of nitrogens with one attached hydrogen (secondary N) is 1. The van der Waals surface area contributed by atoms with Crippen LogP contribution in [0.15, 0.2) is 36.4 Å². The molecule has 0 spiro atoms. The highest BCUT2D eigenvalue weighted by Crippen LogP contribution is 2.29. The number of halogens is 4. The lowest BCUT2D eigenvalue weighted by atomic mass is 9.97. The molecule has 1 N–H and O–H groups in total. The Kier molecular flexibility index (Phi) is 5.26. The minimum Gasteiger partial charge on any atom is -0.306 e. The summed E-state index contributed by atoms with van der Waals surface area (Å²) in [4.78, 5) is 0. The molecule has 0 aliphatic heterocycles. The molecule has 1 atom stereocenters. The monoisotopic (exact) mass is 313 g/mol. The van der Waals surface area contributed by atoms with Gasteiger partial charge in [-0.05, 0) is 42.8 Å². The molecule has 0 aromatic heterocycles. The second-order valence-electron chi connectivity index (χ2n) is 4.70. The molecule has 0 saturated carbocycles. The van der Waals surface area contributed by atoms with E-state index in [0.717, 1.165) is 6.42 Å². The number of rotatable bonds is 5. The smallest absolute Gasteiger partial charge is 0.142 e. The highest BCUT2D eigenvalue weighted by molar-refractivity contribution is 6.30. The van der Waals surface area contributed by atoms with E-state index >= 15 is 0 Å². The van der Waals surface area contributed by atoms with Gasteiger partial charge in [-0.25, -0.2) is 13.2 Å². The Morgan fingerprint density at radius 3 is 2.29 bits per heavy atom. The van der Waals surface area contributed by atoms with Crippen molar-refractivity contribution in [3.05, 3.63) is 70.0 Å². The van der Waals surface area contributed by atoms with Gasteiger partial charge in [0.15, 0.2) is 0 Å². The molecule has 112 valence electrons. The molecule has 0 saturated heterocycles. The maximum absolute atomic E-state index is 14.0. The van der Waals surface area contributed by atoms with Crippen molar-refractivity contribution in [2.45, 2.75) is 19.4 Å². The summed E-state index contributed by atoms with van der Waals surface area (Å²) in [6, 6.07) is 7.04. The topological polar surface area (TPSA) is 12.0 Å². The van der Waals surface area contributed by atoms with Crippen LogP contribution in [0.2, 0.25) is 5.02 Å². The van der Waals surface area contributed by atoms with E-state index in [2.05, 4.69) is 5.32 Å². The van der Waals surface area contributed by atoms with Gasteiger partial charge in [0.1, 0.15) is 17.5 Å². The first-order valence-electron chi connectivity index (χ1n) is 6.66. The van der Waals surface area contributed by atoms with E-state index < -0.39 is 23.5 Å². The van der Waals surface area contributed by atoms with E-state index in [1.165, 1.54) is 30.3 Å². The van der Waals surface area contributed by atoms with Crippen LogP contribution in [0.5, 0.6) is 0 Å². The zero-order valence-corrected chi connectivity index (χ0v) is 12.2. The lowest BCUT2D eigenvalue weighted by molar-refractivity contribution is 0.501.